The van der Waals surface area contributed by atoms with E-state index in [9.17, 15) is 19.7 Å². The molecule has 0 spiro atoms. The van der Waals surface area contributed by atoms with Crippen LogP contribution in [0.4, 0.5) is 17.1 Å². The Morgan fingerprint density at radius 1 is 1.00 bits per heavy atom. The Labute approximate surface area is 161 Å². The summed E-state index contributed by atoms with van der Waals surface area (Å²) in [5, 5.41) is 11.7. The van der Waals surface area contributed by atoms with Crippen molar-refractivity contribution in [3.63, 3.8) is 0 Å². The van der Waals surface area contributed by atoms with Crippen molar-refractivity contribution in [3.8, 4) is 0 Å². The van der Waals surface area contributed by atoms with E-state index in [-0.39, 0.29) is 23.6 Å². The highest BCUT2D eigenvalue weighted by atomic mass is 16.6. The Bertz CT molecular complexity index is 945. The SMILES string of the molecule is CC1CN(c2ccc(N3C(=O)c4ccccc4C3=O)cc2[N+](=O)[O-])CC(C)O1. The lowest BCUT2D eigenvalue weighted by Crippen LogP contribution is -2.45. The molecule has 2 atom stereocenters. The Balaban J connectivity index is 1.73. The number of carbonyl (C=O) groups is 2. The zero-order valence-corrected chi connectivity index (χ0v) is 15.5. The fourth-order valence-electron chi connectivity index (χ4n) is 3.86. The molecule has 28 heavy (non-hydrogen) atoms. The van der Waals surface area contributed by atoms with Crippen molar-refractivity contribution in [2.75, 3.05) is 22.9 Å². The summed E-state index contributed by atoms with van der Waals surface area (Å²) in [7, 11) is 0. The van der Waals surface area contributed by atoms with Crippen molar-refractivity contribution in [3.05, 3.63) is 63.7 Å². The molecule has 2 heterocycles. The molecule has 4 rings (SSSR count). The maximum atomic E-state index is 12.7. The second kappa shape index (κ2) is 6.72. The van der Waals surface area contributed by atoms with E-state index in [2.05, 4.69) is 0 Å². The van der Waals surface area contributed by atoms with E-state index in [4.69, 9.17) is 4.74 Å². The van der Waals surface area contributed by atoms with Crippen LogP contribution in [-0.4, -0.2) is 42.0 Å². The number of hydrogen-bond donors (Lipinski definition) is 0. The van der Waals surface area contributed by atoms with E-state index in [0.717, 1.165) is 4.90 Å². The van der Waals surface area contributed by atoms with Gasteiger partial charge in [-0.1, -0.05) is 12.1 Å². The van der Waals surface area contributed by atoms with Crippen LogP contribution in [0, 0.1) is 10.1 Å². The average Bonchev–Trinajstić information content (AvgIpc) is 2.91. The summed E-state index contributed by atoms with van der Waals surface area (Å²) in [5.74, 6) is -0.951. The lowest BCUT2D eigenvalue weighted by Gasteiger charge is -2.36. The highest BCUT2D eigenvalue weighted by Crippen LogP contribution is 2.36. The molecule has 2 aliphatic rings. The second-order valence-corrected chi connectivity index (χ2v) is 7.08. The summed E-state index contributed by atoms with van der Waals surface area (Å²) in [6, 6.07) is 11.0. The van der Waals surface area contributed by atoms with E-state index >= 15 is 0 Å². The number of hydrogen-bond acceptors (Lipinski definition) is 6. The first-order chi connectivity index (χ1) is 13.4. The van der Waals surface area contributed by atoms with Gasteiger partial charge in [-0.15, -0.1) is 0 Å². The fourth-order valence-corrected chi connectivity index (χ4v) is 3.86. The van der Waals surface area contributed by atoms with Gasteiger partial charge >= 0.3 is 0 Å². The Morgan fingerprint density at radius 3 is 2.11 bits per heavy atom. The monoisotopic (exact) mass is 381 g/mol. The number of imide groups is 1. The number of anilines is 2. The highest BCUT2D eigenvalue weighted by Gasteiger charge is 2.37. The van der Waals surface area contributed by atoms with Crippen molar-refractivity contribution in [2.24, 2.45) is 0 Å². The van der Waals surface area contributed by atoms with Crippen molar-refractivity contribution in [1.29, 1.82) is 0 Å². The molecule has 0 bridgehead atoms. The Hall–Kier alpha value is -3.26. The van der Waals surface area contributed by atoms with Gasteiger partial charge < -0.3 is 9.64 Å². The van der Waals surface area contributed by atoms with Crippen LogP contribution in [-0.2, 0) is 4.74 Å². The molecule has 2 aliphatic heterocycles. The van der Waals surface area contributed by atoms with Gasteiger partial charge in [0.1, 0.15) is 5.69 Å². The molecule has 2 amide bonds. The number of amides is 2. The molecule has 0 saturated carbocycles. The number of rotatable bonds is 3. The Kier molecular flexibility index (Phi) is 4.35. The van der Waals surface area contributed by atoms with Crippen molar-refractivity contribution in [2.45, 2.75) is 26.1 Å². The van der Waals surface area contributed by atoms with Crippen LogP contribution in [0.5, 0.6) is 0 Å². The van der Waals surface area contributed by atoms with Gasteiger partial charge in [-0.05, 0) is 38.1 Å². The molecule has 0 aromatic heterocycles. The number of nitro benzene ring substituents is 1. The lowest BCUT2D eigenvalue weighted by molar-refractivity contribution is -0.384. The predicted octanol–water partition coefficient (Wildman–Crippen LogP) is 3.01. The second-order valence-electron chi connectivity index (χ2n) is 7.08. The molecule has 0 aliphatic carbocycles. The number of ether oxygens (including phenoxy) is 1. The largest absolute Gasteiger partial charge is 0.372 e. The standard InChI is InChI=1S/C20H19N3O5/c1-12-10-21(11-13(2)28-12)17-8-7-14(9-18(17)23(26)27)22-19(24)15-5-3-4-6-16(15)20(22)25/h3-9,12-13H,10-11H2,1-2H3. The summed E-state index contributed by atoms with van der Waals surface area (Å²) >= 11 is 0. The van der Waals surface area contributed by atoms with Crippen molar-refractivity contribution >= 4 is 28.9 Å². The topological polar surface area (TPSA) is 93.0 Å². The maximum absolute atomic E-state index is 12.7. The minimum absolute atomic E-state index is 0.0562. The molecule has 1 saturated heterocycles. The average molecular weight is 381 g/mol. The minimum Gasteiger partial charge on any atom is -0.372 e. The zero-order chi connectivity index (χ0) is 20.0. The summed E-state index contributed by atoms with van der Waals surface area (Å²) < 4.78 is 5.70. The third kappa shape index (κ3) is 2.91. The van der Waals surface area contributed by atoms with Gasteiger partial charge in [0, 0.05) is 19.2 Å². The number of nitrogens with zero attached hydrogens (tertiary/aromatic N) is 3. The summed E-state index contributed by atoms with van der Waals surface area (Å²) in [6.45, 7) is 4.89. The molecule has 2 aromatic carbocycles. The van der Waals surface area contributed by atoms with Crippen LogP contribution in [0.3, 0.4) is 0 Å². The van der Waals surface area contributed by atoms with Gasteiger partial charge in [0.25, 0.3) is 17.5 Å². The molecule has 0 radical (unpaired) electrons. The fraction of sp³-hybridized carbons (Fsp3) is 0.300. The number of morpholine rings is 1. The molecule has 0 N–H and O–H groups in total. The normalized spacial score (nSPS) is 21.8. The minimum atomic E-state index is -0.484. The number of fused-ring (bicyclic) bond motifs is 1. The van der Waals surface area contributed by atoms with E-state index in [1.54, 1.807) is 36.4 Å². The van der Waals surface area contributed by atoms with Crippen LogP contribution in [0.15, 0.2) is 42.5 Å². The van der Waals surface area contributed by atoms with Crippen LogP contribution in [0.25, 0.3) is 0 Å². The molecular weight excluding hydrogens is 362 g/mol. The van der Waals surface area contributed by atoms with Crippen LogP contribution < -0.4 is 9.80 Å². The number of carbonyl (C=O) groups excluding carboxylic acids is 2. The van der Waals surface area contributed by atoms with E-state index < -0.39 is 16.7 Å². The molecule has 2 unspecified atom stereocenters. The van der Waals surface area contributed by atoms with Gasteiger partial charge in [0.15, 0.2) is 0 Å². The van der Waals surface area contributed by atoms with Crippen molar-refractivity contribution in [1.82, 2.24) is 0 Å². The lowest BCUT2D eigenvalue weighted by atomic mass is 10.1. The van der Waals surface area contributed by atoms with Crippen LogP contribution in [0.1, 0.15) is 34.6 Å². The number of benzene rings is 2. The Morgan fingerprint density at radius 2 is 1.57 bits per heavy atom. The zero-order valence-electron chi connectivity index (χ0n) is 15.5. The predicted molar refractivity (Wildman–Crippen MR) is 103 cm³/mol. The smallest absolute Gasteiger partial charge is 0.294 e. The first-order valence-corrected chi connectivity index (χ1v) is 9.03. The third-order valence-electron chi connectivity index (χ3n) is 4.97. The molecule has 144 valence electrons. The van der Waals surface area contributed by atoms with Gasteiger partial charge in [0.05, 0.1) is 33.9 Å². The molecular formula is C20H19N3O5. The molecule has 2 aromatic rings. The molecule has 8 heteroatoms. The van der Waals surface area contributed by atoms with Gasteiger partial charge in [-0.25, -0.2) is 4.90 Å². The number of nitro groups is 1. The third-order valence-corrected chi connectivity index (χ3v) is 4.97. The van der Waals surface area contributed by atoms with E-state index in [0.29, 0.717) is 29.9 Å². The van der Waals surface area contributed by atoms with Gasteiger partial charge in [-0.2, -0.15) is 0 Å². The molecule has 1 fully saturated rings. The van der Waals surface area contributed by atoms with E-state index in [1.807, 2.05) is 18.7 Å². The van der Waals surface area contributed by atoms with Crippen LogP contribution >= 0.6 is 0 Å². The molecule has 8 nitrogen and oxygen atoms in total. The van der Waals surface area contributed by atoms with Crippen molar-refractivity contribution < 1.29 is 19.2 Å². The van der Waals surface area contributed by atoms with E-state index in [1.165, 1.54) is 6.07 Å². The summed E-state index contributed by atoms with van der Waals surface area (Å²) in [4.78, 5) is 39.5. The van der Waals surface area contributed by atoms with Gasteiger partial charge in [0.2, 0.25) is 0 Å². The maximum Gasteiger partial charge on any atom is 0.294 e. The summed E-state index contributed by atoms with van der Waals surface area (Å²) in [6.07, 6.45) is -0.112. The van der Waals surface area contributed by atoms with Gasteiger partial charge in [-0.3, -0.25) is 19.7 Å². The first-order valence-electron chi connectivity index (χ1n) is 9.03. The highest BCUT2D eigenvalue weighted by molar-refractivity contribution is 6.34. The van der Waals surface area contributed by atoms with Crippen LogP contribution in [0.2, 0.25) is 0 Å². The quantitative estimate of drug-likeness (QED) is 0.461. The summed E-state index contributed by atoms with van der Waals surface area (Å²) in [5.41, 5.74) is 1.10. The first kappa shape index (κ1) is 18.1.